The van der Waals surface area contributed by atoms with Crippen LogP contribution in [0.2, 0.25) is 0 Å². The van der Waals surface area contributed by atoms with E-state index in [0.717, 1.165) is 32.2 Å². The summed E-state index contributed by atoms with van der Waals surface area (Å²) >= 11 is 0. The Labute approximate surface area is 116 Å². The van der Waals surface area contributed by atoms with Crippen molar-refractivity contribution in [3.05, 3.63) is 34.4 Å². The minimum atomic E-state index is 0.437. The fraction of sp³-hybridized carbons (Fsp3) is 0.588. The van der Waals surface area contributed by atoms with Crippen LogP contribution in [0, 0.1) is 20.8 Å². The number of Topliss-reactive ketones (excluding diaryl/α,β-unsaturated/α-hetero) is 1. The smallest absolute Gasteiger partial charge is 0.133 e. The standard InChI is InChI=1S/C17H25NO/c1-12-9-14(3)15(10-13(12)2)11-18(4)16-5-7-17(19)8-6-16/h9-10,16H,5-8,11H2,1-4H3. The third kappa shape index (κ3) is 3.44. The number of carbonyl (C=O) groups excluding carboxylic acids is 1. The Morgan fingerprint density at radius 3 is 2.26 bits per heavy atom. The molecule has 2 nitrogen and oxygen atoms in total. The summed E-state index contributed by atoms with van der Waals surface area (Å²) in [5.74, 6) is 0.437. The lowest BCUT2D eigenvalue weighted by atomic mass is 9.92. The summed E-state index contributed by atoms with van der Waals surface area (Å²) in [6.07, 6.45) is 3.58. The van der Waals surface area contributed by atoms with E-state index < -0.39 is 0 Å². The van der Waals surface area contributed by atoms with Crippen LogP contribution in [-0.4, -0.2) is 23.8 Å². The number of hydrogen-bond donors (Lipinski definition) is 0. The lowest BCUT2D eigenvalue weighted by molar-refractivity contribution is -0.121. The van der Waals surface area contributed by atoms with Crippen LogP contribution in [-0.2, 0) is 11.3 Å². The number of ketones is 1. The van der Waals surface area contributed by atoms with Crippen LogP contribution >= 0.6 is 0 Å². The molecule has 0 heterocycles. The van der Waals surface area contributed by atoms with Crippen molar-refractivity contribution in [2.24, 2.45) is 0 Å². The largest absolute Gasteiger partial charge is 0.300 e. The van der Waals surface area contributed by atoms with Gasteiger partial charge in [-0.3, -0.25) is 9.69 Å². The molecule has 0 atom stereocenters. The molecule has 0 saturated heterocycles. The molecule has 0 radical (unpaired) electrons. The van der Waals surface area contributed by atoms with E-state index in [0.29, 0.717) is 11.8 Å². The van der Waals surface area contributed by atoms with Gasteiger partial charge < -0.3 is 0 Å². The third-order valence-corrected chi connectivity index (χ3v) is 4.51. The Kier molecular flexibility index (Phi) is 4.41. The van der Waals surface area contributed by atoms with Crippen LogP contribution in [0.4, 0.5) is 0 Å². The van der Waals surface area contributed by atoms with Crippen LogP contribution in [0.3, 0.4) is 0 Å². The van der Waals surface area contributed by atoms with E-state index in [1.165, 1.54) is 22.3 Å². The molecule has 0 N–H and O–H groups in total. The monoisotopic (exact) mass is 259 g/mol. The van der Waals surface area contributed by atoms with Crippen LogP contribution in [0.1, 0.15) is 47.9 Å². The lowest BCUT2D eigenvalue weighted by Gasteiger charge is -2.31. The second kappa shape index (κ2) is 5.87. The minimum Gasteiger partial charge on any atom is -0.300 e. The van der Waals surface area contributed by atoms with E-state index in [1.807, 2.05) is 0 Å². The SMILES string of the molecule is Cc1cc(C)c(CN(C)C2CCC(=O)CC2)cc1C. The maximum Gasteiger partial charge on any atom is 0.133 e. The normalized spacial score (nSPS) is 17.2. The molecule has 2 heteroatoms. The van der Waals surface area contributed by atoms with Gasteiger partial charge in [-0.25, -0.2) is 0 Å². The molecule has 104 valence electrons. The van der Waals surface area contributed by atoms with Gasteiger partial charge in [-0.05, 0) is 62.9 Å². The second-order valence-electron chi connectivity index (χ2n) is 6.05. The first-order valence-electron chi connectivity index (χ1n) is 7.26. The number of benzene rings is 1. The van der Waals surface area contributed by atoms with Crippen LogP contribution in [0.25, 0.3) is 0 Å². The summed E-state index contributed by atoms with van der Waals surface area (Å²) in [5, 5.41) is 0. The zero-order chi connectivity index (χ0) is 14.0. The Balaban J connectivity index is 2.04. The van der Waals surface area contributed by atoms with Gasteiger partial charge in [-0.2, -0.15) is 0 Å². The molecule has 0 aliphatic heterocycles. The van der Waals surface area contributed by atoms with Gasteiger partial charge in [0.15, 0.2) is 0 Å². The maximum atomic E-state index is 11.3. The van der Waals surface area contributed by atoms with Gasteiger partial charge in [0.1, 0.15) is 5.78 Å². The summed E-state index contributed by atoms with van der Waals surface area (Å²) in [6, 6.07) is 5.16. The molecule has 1 aromatic rings. The lowest BCUT2D eigenvalue weighted by Crippen LogP contribution is -2.35. The Bertz CT molecular complexity index is 468. The van der Waals surface area contributed by atoms with Crippen LogP contribution in [0.5, 0.6) is 0 Å². The minimum absolute atomic E-state index is 0.437. The summed E-state index contributed by atoms with van der Waals surface area (Å²) < 4.78 is 0. The first-order valence-corrected chi connectivity index (χ1v) is 7.26. The van der Waals surface area contributed by atoms with Crippen molar-refractivity contribution in [3.63, 3.8) is 0 Å². The molecule has 19 heavy (non-hydrogen) atoms. The predicted octanol–water partition coefficient (Wildman–Crippen LogP) is 3.56. The van der Waals surface area contributed by atoms with Crippen LogP contribution in [0.15, 0.2) is 12.1 Å². The van der Waals surface area contributed by atoms with Gasteiger partial charge >= 0.3 is 0 Å². The maximum absolute atomic E-state index is 11.3. The molecular formula is C17H25NO. The fourth-order valence-corrected chi connectivity index (χ4v) is 2.95. The van der Waals surface area contributed by atoms with E-state index >= 15 is 0 Å². The van der Waals surface area contributed by atoms with Crippen molar-refractivity contribution in [2.45, 2.75) is 59.0 Å². The quantitative estimate of drug-likeness (QED) is 0.827. The Hall–Kier alpha value is -1.15. The molecule has 0 unspecified atom stereocenters. The van der Waals surface area contributed by atoms with Gasteiger partial charge in [0.05, 0.1) is 0 Å². The fourth-order valence-electron chi connectivity index (χ4n) is 2.95. The summed E-state index contributed by atoms with van der Waals surface area (Å²) in [4.78, 5) is 13.7. The molecule has 1 aromatic carbocycles. The molecule has 2 rings (SSSR count). The number of hydrogen-bond acceptors (Lipinski definition) is 2. The molecule has 1 fully saturated rings. The Morgan fingerprint density at radius 1 is 1.05 bits per heavy atom. The average molecular weight is 259 g/mol. The molecule has 1 aliphatic rings. The topological polar surface area (TPSA) is 20.3 Å². The molecule has 1 aliphatic carbocycles. The number of carbonyl (C=O) groups is 1. The van der Waals surface area contributed by atoms with Crippen molar-refractivity contribution >= 4 is 5.78 Å². The van der Waals surface area contributed by atoms with E-state index in [-0.39, 0.29) is 0 Å². The van der Waals surface area contributed by atoms with Crippen LogP contribution < -0.4 is 0 Å². The van der Waals surface area contributed by atoms with Crippen molar-refractivity contribution in [3.8, 4) is 0 Å². The first-order chi connectivity index (χ1) is 8.97. The van der Waals surface area contributed by atoms with Crippen molar-refractivity contribution < 1.29 is 4.79 Å². The zero-order valence-corrected chi connectivity index (χ0v) is 12.6. The highest BCUT2D eigenvalue weighted by atomic mass is 16.1. The highest BCUT2D eigenvalue weighted by molar-refractivity contribution is 5.79. The highest BCUT2D eigenvalue weighted by Crippen LogP contribution is 2.23. The first kappa shape index (κ1) is 14.3. The number of rotatable bonds is 3. The van der Waals surface area contributed by atoms with Gasteiger partial charge in [0, 0.05) is 25.4 Å². The number of nitrogens with zero attached hydrogens (tertiary/aromatic N) is 1. The molecule has 0 bridgehead atoms. The average Bonchev–Trinajstić information content (AvgIpc) is 2.36. The summed E-state index contributed by atoms with van der Waals surface area (Å²) in [7, 11) is 2.19. The summed E-state index contributed by atoms with van der Waals surface area (Å²) in [5.41, 5.74) is 5.53. The van der Waals surface area contributed by atoms with Crippen molar-refractivity contribution in [1.82, 2.24) is 4.90 Å². The van der Waals surface area contributed by atoms with E-state index in [1.54, 1.807) is 0 Å². The van der Waals surface area contributed by atoms with E-state index in [9.17, 15) is 4.79 Å². The Morgan fingerprint density at radius 2 is 1.63 bits per heavy atom. The van der Waals surface area contributed by atoms with Gasteiger partial charge in [0.25, 0.3) is 0 Å². The van der Waals surface area contributed by atoms with E-state index in [2.05, 4.69) is 44.9 Å². The van der Waals surface area contributed by atoms with Crippen molar-refractivity contribution in [1.29, 1.82) is 0 Å². The molecule has 0 amide bonds. The molecule has 1 saturated carbocycles. The highest BCUT2D eigenvalue weighted by Gasteiger charge is 2.22. The van der Waals surface area contributed by atoms with Gasteiger partial charge in [-0.15, -0.1) is 0 Å². The molecule has 0 spiro atoms. The number of aryl methyl sites for hydroxylation is 3. The van der Waals surface area contributed by atoms with Gasteiger partial charge in [0.2, 0.25) is 0 Å². The molecular weight excluding hydrogens is 234 g/mol. The van der Waals surface area contributed by atoms with E-state index in [4.69, 9.17) is 0 Å². The summed E-state index contributed by atoms with van der Waals surface area (Å²) in [6.45, 7) is 7.53. The zero-order valence-electron chi connectivity index (χ0n) is 12.6. The van der Waals surface area contributed by atoms with Gasteiger partial charge in [-0.1, -0.05) is 12.1 Å². The predicted molar refractivity (Wildman–Crippen MR) is 79.4 cm³/mol. The molecule has 0 aromatic heterocycles. The van der Waals surface area contributed by atoms with Crippen molar-refractivity contribution in [2.75, 3.05) is 7.05 Å². The second-order valence-corrected chi connectivity index (χ2v) is 6.05. The third-order valence-electron chi connectivity index (χ3n) is 4.51.